The molecule has 8 heteroatoms. The van der Waals surface area contributed by atoms with Crippen molar-refractivity contribution in [1.29, 1.82) is 0 Å². The minimum absolute atomic E-state index is 0.0240. The molecule has 0 saturated heterocycles. The maximum absolute atomic E-state index is 13.6. The maximum Gasteiger partial charge on any atom is 0.254 e. The summed E-state index contributed by atoms with van der Waals surface area (Å²) in [6, 6.07) is 8.32. The van der Waals surface area contributed by atoms with Crippen LogP contribution < -0.4 is 5.32 Å². The number of nitrogens with zero attached hydrogens (tertiary/aromatic N) is 2. The van der Waals surface area contributed by atoms with E-state index >= 15 is 0 Å². The number of halogens is 2. The fourth-order valence-corrected chi connectivity index (χ4v) is 2.37. The molecule has 1 unspecified atom stereocenters. The number of aromatic amines is 1. The fraction of sp³-hybridized carbons (Fsp3) is 0.133. The second kappa shape index (κ2) is 6.31. The van der Waals surface area contributed by atoms with Gasteiger partial charge in [-0.3, -0.25) is 4.79 Å². The van der Waals surface area contributed by atoms with Crippen LogP contribution in [0.3, 0.4) is 0 Å². The Morgan fingerprint density at radius 2 is 2.17 bits per heavy atom. The molecule has 6 nitrogen and oxygen atoms in total. The van der Waals surface area contributed by atoms with Gasteiger partial charge in [-0.2, -0.15) is 15.4 Å². The molecule has 1 aromatic heterocycles. The van der Waals surface area contributed by atoms with E-state index in [4.69, 9.17) is 11.6 Å². The number of hydrogen-bond donors (Lipinski definition) is 3. The van der Waals surface area contributed by atoms with Gasteiger partial charge in [-0.1, -0.05) is 23.7 Å². The van der Waals surface area contributed by atoms with E-state index in [2.05, 4.69) is 20.7 Å². The molecule has 2 aromatic carbocycles. The maximum atomic E-state index is 13.6. The van der Waals surface area contributed by atoms with Gasteiger partial charge in [0.1, 0.15) is 16.9 Å². The van der Waals surface area contributed by atoms with Gasteiger partial charge in [-0.25, -0.2) is 4.39 Å². The molecule has 0 aliphatic rings. The van der Waals surface area contributed by atoms with Gasteiger partial charge in [0.05, 0.1) is 23.2 Å². The van der Waals surface area contributed by atoms with Crippen LogP contribution in [0, 0.1) is 5.82 Å². The smallest absolute Gasteiger partial charge is 0.254 e. The summed E-state index contributed by atoms with van der Waals surface area (Å²) in [7, 11) is 0. The summed E-state index contributed by atoms with van der Waals surface area (Å²) in [5, 5.41) is 22.4. The highest BCUT2D eigenvalue weighted by molar-refractivity contribution is 6.30. The fourth-order valence-electron chi connectivity index (χ4n) is 2.25. The van der Waals surface area contributed by atoms with Crippen molar-refractivity contribution in [2.75, 3.05) is 6.61 Å². The van der Waals surface area contributed by atoms with Crippen LogP contribution in [0.25, 0.3) is 11.0 Å². The van der Waals surface area contributed by atoms with Crippen LogP contribution in [0.15, 0.2) is 36.4 Å². The van der Waals surface area contributed by atoms with Crippen LogP contribution in [-0.2, 0) is 0 Å². The van der Waals surface area contributed by atoms with Gasteiger partial charge < -0.3 is 10.4 Å². The number of carbonyl (C=O) groups is 1. The van der Waals surface area contributed by atoms with Gasteiger partial charge in [0.2, 0.25) is 0 Å². The molecule has 0 saturated carbocycles. The standard InChI is InChI=1S/C15H12ClFN4O2/c16-10-5-4-8(6-11(10)17)13(7-22)18-15(23)9-2-1-3-12-14(9)20-21-19-12/h1-6,13,22H,7H2,(H,18,23)(H,19,20,21). The molecule has 3 N–H and O–H groups in total. The number of aromatic nitrogens is 3. The summed E-state index contributed by atoms with van der Waals surface area (Å²) >= 11 is 5.64. The van der Waals surface area contributed by atoms with Crippen LogP contribution in [0.4, 0.5) is 4.39 Å². The first-order valence-electron chi connectivity index (χ1n) is 6.76. The number of benzene rings is 2. The number of nitrogens with one attached hydrogen (secondary N) is 2. The number of H-pyrrole nitrogens is 1. The normalized spacial score (nSPS) is 12.3. The molecule has 0 bridgehead atoms. The zero-order chi connectivity index (χ0) is 16.4. The van der Waals surface area contributed by atoms with Gasteiger partial charge in [0, 0.05) is 0 Å². The van der Waals surface area contributed by atoms with E-state index in [9.17, 15) is 14.3 Å². The summed E-state index contributed by atoms with van der Waals surface area (Å²) in [5.74, 6) is -1.06. The van der Waals surface area contributed by atoms with Gasteiger partial charge in [-0.15, -0.1) is 0 Å². The Labute approximate surface area is 135 Å². The van der Waals surface area contributed by atoms with Crippen molar-refractivity contribution in [3.8, 4) is 0 Å². The van der Waals surface area contributed by atoms with E-state index in [0.29, 0.717) is 22.2 Å². The molecule has 3 aromatic rings. The van der Waals surface area contributed by atoms with Crippen molar-refractivity contribution in [3.63, 3.8) is 0 Å². The molecule has 0 aliphatic heterocycles. The van der Waals surface area contributed by atoms with Gasteiger partial charge >= 0.3 is 0 Å². The number of amides is 1. The molecule has 0 fully saturated rings. The topological polar surface area (TPSA) is 90.9 Å². The lowest BCUT2D eigenvalue weighted by atomic mass is 10.1. The van der Waals surface area contributed by atoms with Crippen molar-refractivity contribution in [2.45, 2.75) is 6.04 Å². The predicted octanol–water partition coefficient (Wildman–Crippen LogP) is 2.21. The highest BCUT2D eigenvalue weighted by Crippen LogP contribution is 2.21. The summed E-state index contributed by atoms with van der Waals surface area (Å²) in [5.41, 5.74) is 1.69. The number of aliphatic hydroxyl groups is 1. The van der Waals surface area contributed by atoms with Crippen molar-refractivity contribution in [2.24, 2.45) is 0 Å². The number of carbonyl (C=O) groups excluding carboxylic acids is 1. The highest BCUT2D eigenvalue weighted by Gasteiger charge is 2.19. The number of para-hydroxylation sites is 1. The molecule has 1 amide bonds. The second-order valence-corrected chi connectivity index (χ2v) is 5.29. The minimum atomic E-state index is -0.767. The van der Waals surface area contributed by atoms with Crippen LogP contribution in [0.2, 0.25) is 5.02 Å². The van der Waals surface area contributed by atoms with Crippen molar-refractivity contribution < 1.29 is 14.3 Å². The number of fused-ring (bicyclic) bond motifs is 1. The van der Waals surface area contributed by atoms with E-state index in [1.807, 2.05) is 0 Å². The molecule has 3 rings (SSSR count). The Kier molecular flexibility index (Phi) is 4.22. The zero-order valence-electron chi connectivity index (χ0n) is 11.8. The Morgan fingerprint density at radius 1 is 1.35 bits per heavy atom. The summed E-state index contributed by atoms with van der Waals surface area (Å²) < 4.78 is 13.6. The molecule has 1 atom stereocenters. The van der Waals surface area contributed by atoms with Crippen LogP contribution in [0.1, 0.15) is 22.0 Å². The van der Waals surface area contributed by atoms with E-state index < -0.39 is 17.8 Å². The van der Waals surface area contributed by atoms with E-state index in [0.717, 1.165) is 0 Å². The Hall–Kier alpha value is -2.51. The van der Waals surface area contributed by atoms with Crippen LogP contribution in [0.5, 0.6) is 0 Å². The molecular weight excluding hydrogens is 323 g/mol. The highest BCUT2D eigenvalue weighted by atomic mass is 35.5. The minimum Gasteiger partial charge on any atom is -0.394 e. The first-order chi connectivity index (χ1) is 11.1. The van der Waals surface area contributed by atoms with Crippen LogP contribution >= 0.6 is 11.6 Å². The van der Waals surface area contributed by atoms with Gasteiger partial charge in [0.15, 0.2) is 0 Å². The monoisotopic (exact) mass is 334 g/mol. The Bertz CT molecular complexity index is 868. The van der Waals surface area contributed by atoms with Crippen molar-refractivity contribution in [3.05, 3.63) is 58.4 Å². The predicted molar refractivity (Wildman–Crippen MR) is 82.6 cm³/mol. The van der Waals surface area contributed by atoms with E-state index in [-0.39, 0.29) is 11.6 Å². The summed E-state index contributed by atoms with van der Waals surface area (Å²) in [4.78, 5) is 12.4. The summed E-state index contributed by atoms with van der Waals surface area (Å²) in [6.45, 7) is -0.387. The first-order valence-corrected chi connectivity index (χ1v) is 7.14. The SMILES string of the molecule is O=C(NC(CO)c1ccc(Cl)c(F)c1)c1cccc2n[nH]nc12. The lowest BCUT2D eigenvalue weighted by Crippen LogP contribution is -2.31. The Morgan fingerprint density at radius 3 is 2.91 bits per heavy atom. The average Bonchev–Trinajstić information content (AvgIpc) is 3.03. The van der Waals surface area contributed by atoms with Crippen molar-refractivity contribution in [1.82, 2.24) is 20.7 Å². The number of hydrogen-bond acceptors (Lipinski definition) is 4. The largest absolute Gasteiger partial charge is 0.394 e. The third-order valence-corrected chi connectivity index (χ3v) is 3.73. The molecule has 1 heterocycles. The molecule has 23 heavy (non-hydrogen) atoms. The molecule has 0 spiro atoms. The molecule has 118 valence electrons. The molecular formula is C15H12ClFN4O2. The number of rotatable bonds is 4. The van der Waals surface area contributed by atoms with E-state index in [1.54, 1.807) is 24.3 Å². The van der Waals surface area contributed by atoms with Gasteiger partial charge in [-0.05, 0) is 29.8 Å². The molecule has 0 aliphatic carbocycles. The van der Waals surface area contributed by atoms with Gasteiger partial charge in [0.25, 0.3) is 5.91 Å². The van der Waals surface area contributed by atoms with Crippen molar-refractivity contribution >= 4 is 28.5 Å². The average molecular weight is 335 g/mol. The lowest BCUT2D eigenvalue weighted by molar-refractivity contribution is 0.0917. The first kappa shape index (κ1) is 15.4. The molecule has 0 radical (unpaired) electrons. The van der Waals surface area contributed by atoms with E-state index in [1.165, 1.54) is 12.1 Å². The summed E-state index contributed by atoms with van der Waals surface area (Å²) in [6.07, 6.45) is 0. The third-order valence-electron chi connectivity index (χ3n) is 3.43. The second-order valence-electron chi connectivity index (χ2n) is 4.88. The quantitative estimate of drug-likeness (QED) is 0.682. The third kappa shape index (κ3) is 3.01. The zero-order valence-corrected chi connectivity index (χ0v) is 12.5. The number of aliphatic hydroxyl groups excluding tert-OH is 1. The Balaban J connectivity index is 1.88. The lowest BCUT2D eigenvalue weighted by Gasteiger charge is -2.17. The van der Waals surface area contributed by atoms with Crippen LogP contribution in [-0.4, -0.2) is 33.0 Å².